The van der Waals surface area contributed by atoms with Crippen LogP contribution in [0.3, 0.4) is 0 Å². The summed E-state index contributed by atoms with van der Waals surface area (Å²) in [6, 6.07) is 13.6. The van der Waals surface area contributed by atoms with Crippen LogP contribution in [0.2, 0.25) is 0 Å². The van der Waals surface area contributed by atoms with Gasteiger partial charge in [-0.3, -0.25) is 4.98 Å². The summed E-state index contributed by atoms with van der Waals surface area (Å²) < 4.78 is 0. The number of benzene rings is 1. The van der Waals surface area contributed by atoms with Crippen LogP contribution >= 0.6 is 0 Å². The quantitative estimate of drug-likeness (QED) is 0.809. The standard InChI is InChI=1S/C19H26N2/c1-4-21-19(12-7-16-6-5-13-20-14-16)18-10-8-17(9-11-18)15(2)3/h5-6,8-11,13-15,19,21H,4,7,12H2,1-3H3. The van der Waals surface area contributed by atoms with Crippen LogP contribution < -0.4 is 5.32 Å². The van der Waals surface area contributed by atoms with E-state index < -0.39 is 0 Å². The Bertz CT molecular complexity index is 517. The van der Waals surface area contributed by atoms with Crippen LogP contribution in [0.15, 0.2) is 48.8 Å². The smallest absolute Gasteiger partial charge is 0.0323 e. The minimum Gasteiger partial charge on any atom is -0.310 e. The van der Waals surface area contributed by atoms with E-state index in [1.54, 1.807) is 0 Å². The Morgan fingerprint density at radius 2 is 1.76 bits per heavy atom. The third kappa shape index (κ3) is 4.68. The molecule has 0 bridgehead atoms. The highest BCUT2D eigenvalue weighted by atomic mass is 14.9. The summed E-state index contributed by atoms with van der Waals surface area (Å²) in [5.74, 6) is 0.590. The van der Waals surface area contributed by atoms with E-state index >= 15 is 0 Å². The van der Waals surface area contributed by atoms with E-state index in [1.165, 1.54) is 16.7 Å². The van der Waals surface area contributed by atoms with Crippen LogP contribution in [0, 0.1) is 0 Å². The van der Waals surface area contributed by atoms with Crippen LogP contribution in [-0.2, 0) is 6.42 Å². The van der Waals surface area contributed by atoms with E-state index in [0.29, 0.717) is 12.0 Å². The first-order valence-corrected chi connectivity index (χ1v) is 7.92. The molecule has 1 atom stereocenters. The Kier molecular flexibility index (Phi) is 5.94. The third-order valence-corrected chi connectivity index (χ3v) is 3.90. The Morgan fingerprint density at radius 1 is 1.05 bits per heavy atom. The van der Waals surface area contributed by atoms with Crippen LogP contribution in [0.5, 0.6) is 0 Å². The molecule has 21 heavy (non-hydrogen) atoms. The molecule has 1 aromatic heterocycles. The van der Waals surface area contributed by atoms with Gasteiger partial charge in [-0.1, -0.05) is 51.1 Å². The SMILES string of the molecule is CCNC(CCc1cccnc1)c1ccc(C(C)C)cc1. The Morgan fingerprint density at radius 3 is 2.33 bits per heavy atom. The molecule has 2 heteroatoms. The van der Waals surface area contributed by atoms with E-state index in [0.717, 1.165) is 19.4 Å². The van der Waals surface area contributed by atoms with E-state index in [-0.39, 0.29) is 0 Å². The summed E-state index contributed by atoms with van der Waals surface area (Å²) in [6.45, 7) is 7.63. The molecule has 0 amide bonds. The zero-order valence-corrected chi connectivity index (χ0v) is 13.3. The maximum atomic E-state index is 4.19. The Labute approximate surface area is 128 Å². The van der Waals surface area contributed by atoms with Crippen molar-refractivity contribution >= 4 is 0 Å². The van der Waals surface area contributed by atoms with Gasteiger partial charge in [0, 0.05) is 18.4 Å². The fourth-order valence-electron chi connectivity index (χ4n) is 2.60. The molecule has 1 unspecified atom stereocenters. The number of pyridine rings is 1. The average molecular weight is 282 g/mol. The number of hydrogen-bond donors (Lipinski definition) is 1. The maximum absolute atomic E-state index is 4.19. The molecular formula is C19H26N2. The zero-order chi connectivity index (χ0) is 15.1. The molecule has 0 fully saturated rings. The number of nitrogens with zero attached hydrogens (tertiary/aromatic N) is 1. The van der Waals surface area contributed by atoms with Crippen molar-refractivity contribution in [1.82, 2.24) is 10.3 Å². The van der Waals surface area contributed by atoms with Crippen LogP contribution in [-0.4, -0.2) is 11.5 Å². The molecule has 1 heterocycles. The van der Waals surface area contributed by atoms with Crippen molar-refractivity contribution in [2.75, 3.05) is 6.54 Å². The van der Waals surface area contributed by atoms with Crippen LogP contribution in [0.25, 0.3) is 0 Å². The van der Waals surface area contributed by atoms with Gasteiger partial charge in [-0.15, -0.1) is 0 Å². The highest BCUT2D eigenvalue weighted by molar-refractivity contribution is 5.27. The average Bonchev–Trinajstić information content (AvgIpc) is 2.52. The first kappa shape index (κ1) is 15.7. The lowest BCUT2D eigenvalue weighted by Crippen LogP contribution is -2.21. The lowest BCUT2D eigenvalue weighted by molar-refractivity contribution is 0.515. The minimum absolute atomic E-state index is 0.413. The summed E-state index contributed by atoms with van der Waals surface area (Å²) in [4.78, 5) is 4.19. The van der Waals surface area contributed by atoms with Gasteiger partial charge in [0.25, 0.3) is 0 Å². The minimum atomic E-state index is 0.413. The van der Waals surface area contributed by atoms with Crippen molar-refractivity contribution < 1.29 is 0 Å². The number of aromatic nitrogens is 1. The molecule has 0 aliphatic heterocycles. The Hall–Kier alpha value is -1.67. The van der Waals surface area contributed by atoms with Gasteiger partial charge in [0.05, 0.1) is 0 Å². The highest BCUT2D eigenvalue weighted by Crippen LogP contribution is 2.22. The van der Waals surface area contributed by atoms with Crippen LogP contribution in [0.4, 0.5) is 0 Å². The topological polar surface area (TPSA) is 24.9 Å². The van der Waals surface area contributed by atoms with Crippen molar-refractivity contribution in [3.05, 3.63) is 65.5 Å². The second-order valence-electron chi connectivity index (χ2n) is 5.83. The second-order valence-corrected chi connectivity index (χ2v) is 5.83. The summed E-state index contributed by atoms with van der Waals surface area (Å²) in [7, 11) is 0. The molecule has 0 spiro atoms. The van der Waals surface area contributed by atoms with Crippen molar-refractivity contribution in [2.45, 2.75) is 45.6 Å². The fraction of sp³-hybridized carbons (Fsp3) is 0.421. The van der Waals surface area contributed by atoms with Crippen molar-refractivity contribution in [3.8, 4) is 0 Å². The van der Waals surface area contributed by atoms with Gasteiger partial charge in [-0.25, -0.2) is 0 Å². The molecule has 1 N–H and O–H groups in total. The highest BCUT2D eigenvalue weighted by Gasteiger charge is 2.11. The lowest BCUT2D eigenvalue weighted by Gasteiger charge is -2.19. The van der Waals surface area contributed by atoms with Gasteiger partial charge < -0.3 is 5.32 Å². The fourth-order valence-corrected chi connectivity index (χ4v) is 2.60. The Balaban J connectivity index is 2.04. The number of rotatable bonds is 7. The molecule has 0 aliphatic rings. The normalized spacial score (nSPS) is 12.6. The molecule has 112 valence electrons. The molecule has 2 rings (SSSR count). The predicted molar refractivity (Wildman–Crippen MR) is 89.5 cm³/mol. The third-order valence-electron chi connectivity index (χ3n) is 3.90. The molecule has 2 nitrogen and oxygen atoms in total. The second kappa shape index (κ2) is 7.94. The first-order chi connectivity index (χ1) is 10.2. The molecular weight excluding hydrogens is 256 g/mol. The molecule has 0 aliphatic carbocycles. The molecule has 1 aromatic carbocycles. The van der Waals surface area contributed by atoms with E-state index in [2.05, 4.69) is 61.4 Å². The number of aryl methyl sites for hydroxylation is 1. The van der Waals surface area contributed by atoms with Gasteiger partial charge in [0.15, 0.2) is 0 Å². The van der Waals surface area contributed by atoms with Gasteiger partial charge in [-0.2, -0.15) is 0 Å². The first-order valence-electron chi connectivity index (χ1n) is 7.92. The summed E-state index contributed by atoms with van der Waals surface area (Å²) in [6.07, 6.45) is 5.94. The predicted octanol–water partition coefficient (Wildman–Crippen LogP) is 4.49. The zero-order valence-electron chi connectivity index (χ0n) is 13.3. The van der Waals surface area contributed by atoms with Gasteiger partial charge in [-0.05, 0) is 48.1 Å². The van der Waals surface area contributed by atoms with Gasteiger partial charge in [0.2, 0.25) is 0 Å². The van der Waals surface area contributed by atoms with E-state index in [1.807, 2.05) is 18.5 Å². The number of nitrogens with one attached hydrogen (secondary N) is 1. The van der Waals surface area contributed by atoms with Crippen molar-refractivity contribution in [1.29, 1.82) is 0 Å². The van der Waals surface area contributed by atoms with Gasteiger partial charge in [0.1, 0.15) is 0 Å². The largest absolute Gasteiger partial charge is 0.310 e. The molecule has 0 saturated heterocycles. The summed E-state index contributed by atoms with van der Waals surface area (Å²) in [5, 5.41) is 3.60. The molecule has 0 radical (unpaired) electrons. The van der Waals surface area contributed by atoms with E-state index in [9.17, 15) is 0 Å². The lowest BCUT2D eigenvalue weighted by atomic mass is 9.96. The monoisotopic (exact) mass is 282 g/mol. The van der Waals surface area contributed by atoms with Crippen molar-refractivity contribution in [2.24, 2.45) is 0 Å². The summed E-state index contributed by atoms with van der Waals surface area (Å²) >= 11 is 0. The number of hydrogen-bond acceptors (Lipinski definition) is 2. The molecule has 0 saturated carbocycles. The van der Waals surface area contributed by atoms with Crippen molar-refractivity contribution in [3.63, 3.8) is 0 Å². The molecule has 2 aromatic rings. The van der Waals surface area contributed by atoms with E-state index in [4.69, 9.17) is 0 Å². The maximum Gasteiger partial charge on any atom is 0.0323 e. The summed E-state index contributed by atoms with van der Waals surface area (Å²) in [5.41, 5.74) is 4.09. The van der Waals surface area contributed by atoms with Gasteiger partial charge >= 0.3 is 0 Å². The van der Waals surface area contributed by atoms with Crippen LogP contribution in [0.1, 0.15) is 55.8 Å².